The van der Waals surface area contributed by atoms with Crippen molar-refractivity contribution in [2.45, 2.75) is 32.2 Å². The van der Waals surface area contributed by atoms with E-state index in [2.05, 4.69) is 10.4 Å². The zero-order chi connectivity index (χ0) is 17.9. The Morgan fingerprint density at radius 2 is 1.88 bits per heavy atom. The SMILES string of the molecule is Cc1cc(C)n(C[C@H](C)CNC(=O)c2ccc(S(C)(=O)=O)cc2)n1. The number of nitrogens with zero attached hydrogens (tertiary/aromatic N) is 2. The fraction of sp³-hybridized carbons (Fsp3) is 0.412. The zero-order valence-electron chi connectivity index (χ0n) is 14.4. The molecule has 2 rings (SSSR count). The van der Waals surface area contributed by atoms with Crippen LogP contribution < -0.4 is 5.32 Å². The third kappa shape index (κ3) is 4.67. The van der Waals surface area contributed by atoms with E-state index < -0.39 is 9.84 Å². The minimum absolute atomic E-state index is 0.206. The quantitative estimate of drug-likeness (QED) is 0.864. The first-order valence-electron chi connectivity index (χ1n) is 7.76. The van der Waals surface area contributed by atoms with E-state index in [1.807, 2.05) is 31.5 Å². The molecule has 1 atom stereocenters. The Morgan fingerprint density at radius 1 is 1.25 bits per heavy atom. The molecule has 0 radical (unpaired) electrons. The first-order chi connectivity index (χ1) is 11.2. The second-order valence-electron chi connectivity index (χ2n) is 6.22. The van der Waals surface area contributed by atoms with Crippen LogP contribution in [0.25, 0.3) is 0 Å². The van der Waals surface area contributed by atoms with Gasteiger partial charge < -0.3 is 5.32 Å². The van der Waals surface area contributed by atoms with Crippen LogP contribution in [0.4, 0.5) is 0 Å². The Bertz CT molecular complexity index is 823. The summed E-state index contributed by atoms with van der Waals surface area (Å²) >= 11 is 0. The second-order valence-corrected chi connectivity index (χ2v) is 8.24. The van der Waals surface area contributed by atoms with Gasteiger partial charge in [-0.15, -0.1) is 0 Å². The lowest BCUT2D eigenvalue weighted by Gasteiger charge is -2.14. The predicted octanol–water partition coefficient (Wildman–Crippen LogP) is 1.97. The maximum atomic E-state index is 12.2. The van der Waals surface area contributed by atoms with Crippen molar-refractivity contribution in [1.29, 1.82) is 0 Å². The van der Waals surface area contributed by atoms with Gasteiger partial charge in [0, 0.05) is 30.6 Å². The highest BCUT2D eigenvalue weighted by Gasteiger charge is 2.12. The fourth-order valence-electron chi connectivity index (χ4n) is 2.44. The van der Waals surface area contributed by atoms with Crippen LogP contribution in [-0.4, -0.2) is 36.9 Å². The van der Waals surface area contributed by atoms with Gasteiger partial charge in [-0.3, -0.25) is 9.48 Å². The highest BCUT2D eigenvalue weighted by Crippen LogP contribution is 2.11. The summed E-state index contributed by atoms with van der Waals surface area (Å²) in [6.07, 6.45) is 1.14. The number of benzene rings is 1. The van der Waals surface area contributed by atoms with Crippen molar-refractivity contribution in [3.05, 3.63) is 47.3 Å². The molecule has 0 aliphatic carbocycles. The number of carbonyl (C=O) groups excluding carboxylic acids is 1. The van der Waals surface area contributed by atoms with Gasteiger partial charge in [-0.2, -0.15) is 5.10 Å². The van der Waals surface area contributed by atoms with Crippen LogP contribution in [0.2, 0.25) is 0 Å². The van der Waals surface area contributed by atoms with E-state index in [4.69, 9.17) is 0 Å². The third-order valence-corrected chi connectivity index (χ3v) is 4.87. The van der Waals surface area contributed by atoms with Gasteiger partial charge in [-0.25, -0.2) is 8.42 Å². The van der Waals surface area contributed by atoms with Crippen LogP contribution >= 0.6 is 0 Å². The van der Waals surface area contributed by atoms with E-state index in [1.54, 1.807) is 0 Å². The number of aryl methyl sites for hydroxylation is 2. The van der Waals surface area contributed by atoms with Crippen molar-refractivity contribution in [3.8, 4) is 0 Å². The number of rotatable bonds is 6. The van der Waals surface area contributed by atoms with E-state index >= 15 is 0 Å². The highest BCUT2D eigenvalue weighted by atomic mass is 32.2. The molecule has 0 saturated carbocycles. The van der Waals surface area contributed by atoms with Gasteiger partial charge in [0.25, 0.3) is 5.91 Å². The van der Waals surface area contributed by atoms with Gasteiger partial charge in [0.1, 0.15) is 0 Å². The molecule has 1 aromatic carbocycles. The van der Waals surface area contributed by atoms with Crippen LogP contribution in [-0.2, 0) is 16.4 Å². The third-order valence-electron chi connectivity index (χ3n) is 3.74. The summed E-state index contributed by atoms with van der Waals surface area (Å²) in [5.41, 5.74) is 2.53. The van der Waals surface area contributed by atoms with Crippen LogP contribution in [0.3, 0.4) is 0 Å². The van der Waals surface area contributed by atoms with Gasteiger partial charge in [-0.1, -0.05) is 6.92 Å². The molecule has 2 aromatic rings. The molecule has 1 N–H and O–H groups in total. The molecular weight excluding hydrogens is 326 g/mol. The number of hydrogen-bond donors (Lipinski definition) is 1. The Labute approximate surface area is 142 Å². The zero-order valence-corrected chi connectivity index (χ0v) is 15.2. The van der Waals surface area contributed by atoms with Gasteiger partial charge in [0.2, 0.25) is 0 Å². The summed E-state index contributed by atoms with van der Waals surface area (Å²) in [7, 11) is -3.25. The topological polar surface area (TPSA) is 81.1 Å². The number of amides is 1. The summed E-state index contributed by atoms with van der Waals surface area (Å²) in [5.74, 6) is 0.0116. The van der Waals surface area contributed by atoms with Crippen molar-refractivity contribution in [2.75, 3.05) is 12.8 Å². The molecule has 1 heterocycles. The number of hydrogen-bond acceptors (Lipinski definition) is 4. The molecule has 1 amide bonds. The van der Waals surface area contributed by atoms with E-state index in [1.165, 1.54) is 24.3 Å². The van der Waals surface area contributed by atoms with Crippen molar-refractivity contribution >= 4 is 15.7 Å². The molecule has 0 aliphatic rings. The minimum atomic E-state index is -3.25. The number of sulfone groups is 1. The summed E-state index contributed by atoms with van der Waals surface area (Å²) in [6, 6.07) is 7.97. The van der Waals surface area contributed by atoms with E-state index in [0.717, 1.165) is 24.2 Å². The van der Waals surface area contributed by atoms with Gasteiger partial charge in [-0.05, 0) is 50.1 Å². The molecule has 1 aromatic heterocycles. The maximum absolute atomic E-state index is 12.2. The smallest absolute Gasteiger partial charge is 0.251 e. The molecule has 0 unspecified atom stereocenters. The molecular formula is C17H23N3O3S. The van der Waals surface area contributed by atoms with Gasteiger partial charge >= 0.3 is 0 Å². The highest BCUT2D eigenvalue weighted by molar-refractivity contribution is 7.90. The molecule has 0 saturated heterocycles. The summed E-state index contributed by atoms with van der Waals surface area (Å²) in [6.45, 7) is 7.26. The first kappa shape index (κ1) is 18.2. The summed E-state index contributed by atoms with van der Waals surface area (Å²) in [5, 5.41) is 7.29. The summed E-state index contributed by atoms with van der Waals surface area (Å²) in [4.78, 5) is 12.4. The molecule has 0 fully saturated rings. The summed E-state index contributed by atoms with van der Waals surface area (Å²) < 4.78 is 24.8. The predicted molar refractivity (Wildman–Crippen MR) is 92.8 cm³/mol. The van der Waals surface area contributed by atoms with Crippen molar-refractivity contribution in [3.63, 3.8) is 0 Å². The first-order valence-corrected chi connectivity index (χ1v) is 9.65. The molecule has 0 spiro atoms. The van der Waals surface area contributed by atoms with Crippen molar-refractivity contribution in [1.82, 2.24) is 15.1 Å². The molecule has 6 nitrogen and oxygen atoms in total. The van der Waals surface area contributed by atoms with Crippen LogP contribution in [0.5, 0.6) is 0 Å². The Kier molecular flexibility index (Phi) is 5.43. The monoisotopic (exact) mass is 349 g/mol. The van der Waals surface area contributed by atoms with E-state index in [9.17, 15) is 13.2 Å². The van der Waals surface area contributed by atoms with Gasteiger partial charge in [0.05, 0.1) is 10.6 Å². The lowest BCUT2D eigenvalue weighted by atomic mass is 10.1. The molecule has 0 aliphatic heterocycles. The largest absolute Gasteiger partial charge is 0.352 e. The van der Waals surface area contributed by atoms with Crippen LogP contribution in [0, 0.1) is 19.8 Å². The second kappa shape index (κ2) is 7.17. The lowest BCUT2D eigenvalue weighted by molar-refractivity contribution is 0.0946. The standard InChI is InChI=1S/C17H23N3O3S/c1-12(11-20-14(3)9-13(2)19-20)10-18-17(21)15-5-7-16(8-6-15)24(4,22)23/h5-9,12H,10-11H2,1-4H3,(H,18,21)/t12-/m1/s1. The molecule has 7 heteroatoms. The number of carbonyl (C=O) groups is 1. The van der Waals surface area contributed by atoms with E-state index in [0.29, 0.717) is 12.1 Å². The fourth-order valence-corrected chi connectivity index (χ4v) is 3.07. The Balaban J connectivity index is 1.91. The normalized spacial score (nSPS) is 12.8. The van der Waals surface area contributed by atoms with Crippen molar-refractivity contribution < 1.29 is 13.2 Å². The van der Waals surface area contributed by atoms with Crippen molar-refractivity contribution in [2.24, 2.45) is 5.92 Å². The molecule has 130 valence electrons. The minimum Gasteiger partial charge on any atom is -0.352 e. The molecule has 0 bridgehead atoms. The van der Waals surface area contributed by atoms with Crippen LogP contribution in [0.15, 0.2) is 35.2 Å². The van der Waals surface area contributed by atoms with Crippen LogP contribution in [0.1, 0.15) is 28.7 Å². The van der Waals surface area contributed by atoms with Gasteiger partial charge in [0.15, 0.2) is 9.84 Å². The van der Waals surface area contributed by atoms with E-state index in [-0.39, 0.29) is 16.7 Å². The maximum Gasteiger partial charge on any atom is 0.251 e. The molecule has 24 heavy (non-hydrogen) atoms. The average molecular weight is 349 g/mol. The lowest BCUT2D eigenvalue weighted by Crippen LogP contribution is -2.30. The Morgan fingerprint density at radius 3 is 2.38 bits per heavy atom. The number of nitrogens with one attached hydrogen (secondary N) is 1. The Hall–Kier alpha value is -2.15. The average Bonchev–Trinajstić information content (AvgIpc) is 2.81. The number of aromatic nitrogens is 2.